The number of nitrogen functional groups attached to an aromatic ring is 1. The minimum absolute atomic E-state index is 0.00747. The molecule has 0 atom stereocenters. The topological polar surface area (TPSA) is 102 Å². The molecular formula is C32H32ClN7O. The summed E-state index contributed by atoms with van der Waals surface area (Å²) in [5.74, 6) is 1.05. The molecule has 41 heavy (non-hydrogen) atoms. The van der Waals surface area contributed by atoms with Crippen LogP contribution in [-0.2, 0) is 5.54 Å². The van der Waals surface area contributed by atoms with E-state index in [0.717, 1.165) is 52.9 Å². The predicted octanol–water partition coefficient (Wildman–Crippen LogP) is 6.34. The van der Waals surface area contributed by atoms with Crippen LogP contribution in [0, 0.1) is 0 Å². The zero-order valence-electron chi connectivity index (χ0n) is 23.1. The maximum atomic E-state index is 13.0. The van der Waals surface area contributed by atoms with Gasteiger partial charge in [0.1, 0.15) is 11.3 Å². The summed E-state index contributed by atoms with van der Waals surface area (Å²) < 4.78 is 2.02. The smallest absolute Gasteiger partial charge is 0.253 e. The summed E-state index contributed by atoms with van der Waals surface area (Å²) in [6.07, 6.45) is 4.82. The number of nitrogens with one attached hydrogen (secondary N) is 1. The first-order valence-corrected chi connectivity index (χ1v) is 14.3. The summed E-state index contributed by atoms with van der Waals surface area (Å²) >= 11 is 6.16. The van der Waals surface area contributed by atoms with Crippen LogP contribution in [0.15, 0.2) is 79.0 Å². The average molecular weight is 566 g/mol. The predicted molar refractivity (Wildman–Crippen MR) is 164 cm³/mol. The number of hydrogen-bond acceptors (Lipinski definition) is 6. The molecule has 6 rings (SSSR count). The Labute approximate surface area is 244 Å². The van der Waals surface area contributed by atoms with E-state index in [1.54, 1.807) is 6.20 Å². The lowest BCUT2D eigenvalue weighted by atomic mass is 9.73. The quantitative estimate of drug-likeness (QED) is 0.213. The van der Waals surface area contributed by atoms with Gasteiger partial charge in [0.15, 0.2) is 11.5 Å². The van der Waals surface area contributed by atoms with Crippen LogP contribution in [0.1, 0.15) is 49.0 Å². The third-order valence-corrected chi connectivity index (χ3v) is 8.47. The van der Waals surface area contributed by atoms with Crippen molar-refractivity contribution in [2.45, 2.75) is 38.6 Å². The first-order chi connectivity index (χ1) is 20.0. The maximum absolute atomic E-state index is 13.0. The summed E-state index contributed by atoms with van der Waals surface area (Å²) in [4.78, 5) is 32.2. The molecular weight excluding hydrogens is 534 g/mol. The van der Waals surface area contributed by atoms with Gasteiger partial charge in [0.2, 0.25) is 0 Å². The lowest BCUT2D eigenvalue weighted by Gasteiger charge is -2.41. The molecule has 0 unspecified atom stereocenters. The second kappa shape index (κ2) is 11.0. The number of nitrogens with zero attached hydrogens (tertiary/aromatic N) is 5. The Bertz CT molecular complexity index is 1720. The van der Waals surface area contributed by atoms with E-state index in [4.69, 9.17) is 27.5 Å². The highest BCUT2D eigenvalue weighted by molar-refractivity contribution is 6.14. The number of aromatic nitrogens is 4. The molecule has 1 saturated carbocycles. The monoisotopic (exact) mass is 565 g/mol. The van der Waals surface area contributed by atoms with Crippen LogP contribution in [0.4, 0.5) is 5.82 Å². The van der Waals surface area contributed by atoms with Gasteiger partial charge in [0, 0.05) is 36.1 Å². The molecule has 9 heteroatoms. The van der Waals surface area contributed by atoms with Crippen molar-refractivity contribution in [2.75, 3.05) is 18.8 Å². The van der Waals surface area contributed by atoms with E-state index in [9.17, 15) is 4.79 Å². The molecule has 0 spiro atoms. The van der Waals surface area contributed by atoms with Crippen molar-refractivity contribution in [3.05, 3.63) is 90.1 Å². The lowest BCUT2D eigenvalue weighted by molar-refractivity contribution is 0.0773. The minimum Gasteiger partial charge on any atom is -0.383 e. The highest BCUT2D eigenvalue weighted by Gasteiger charge is 2.38. The molecule has 3 N–H and O–H groups in total. The average Bonchev–Trinajstić information content (AvgIpc) is 3.36. The van der Waals surface area contributed by atoms with Crippen LogP contribution in [0.3, 0.4) is 0 Å². The number of nitrogens with two attached hydrogens (primary N) is 1. The Morgan fingerprint density at radius 2 is 1.80 bits per heavy atom. The molecule has 1 amide bonds. The molecule has 5 aromatic rings. The fourth-order valence-corrected chi connectivity index (χ4v) is 5.85. The van der Waals surface area contributed by atoms with Gasteiger partial charge in [0.05, 0.1) is 16.8 Å². The van der Waals surface area contributed by atoms with Crippen LogP contribution >= 0.6 is 11.8 Å². The van der Waals surface area contributed by atoms with Gasteiger partial charge in [-0.15, -0.1) is 0 Å². The Kier molecular flexibility index (Phi) is 7.19. The number of hydrogen-bond donors (Lipinski definition) is 2. The SMILES string of the molecule is CCN(CC)C(=O)c1cccc(-c2ccc3nc(-c4cccnc4N)n(-c4ccc(C5(NCl)CCC5)cc4)c3n2)c1. The van der Waals surface area contributed by atoms with Gasteiger partial charge in [0.25, 0.3) is 5.91 Å². The number of carbonyl (C=O) groups is 1. The number of carbonyl (C=O) groups excluding carboxylic acids is 1. The summed E-state index contributed by atoms with van der Waals surface area (Å²) in [6, 6.07) is 23.6. The fraction of sp³-hybridized carbons (Fsp3) is 0.250. The second-order valence-electron chi connectivity index (χ2n) is 10.4. The van der Waals surface area contributed by atoms with Crippen molar-refractivity contribution in [1.29, 1.82) is 0 Å². The molecule has 1 aliphatic rings. The van der Waals surface area contributed by atoms with Gasteiger partial charge in [-0.05, 0) is 99.0 Å². The molecule has 0 saturated heterocycles. The first-order valence-electron chi connectivity index (χ1n) is 14.0. The number of pyridine rings is 2. The van der Waals surface area contributed by atoms with E-state index in [0.29, 0.717) is 35.9 Å². The van der Waals surface area contributed by atoms with Crippen molar-refractivity contribution in [1.82, 2.24) is 29.3 Å². The van der Waals surface area contributed by atoms with E-state index in [1.807, 2.05) is 71.8 Å². The van der Waals surface area contributed by atoms with Crippen LogP contribution < -0.4 is 10.6 Å². The van der Waals surface area contributed by atoms with Crippen molar-refractivity contribution >= 4 is 34.7 Å². The molecule has 3 aromatic heterocycles. The standard InChI is InChI=1S/C32H32ClN7O/c1-3-39(4-2)31(41)22-9-5-8-21(20-22)26-15-16-27-30(36-26)40(29(37-27)25-10-6-19-35-28(25)34)24-13-11-23(12-14-24)32(38-33)17-7-18-32/h5-6,8-16,19-20,38H,3-4,7,17-18H2,1-2H3,(H2,34,35). The number of benzene rings is 2. The van der Waals surface area contributed by atoms with Gasteiger partial charge in [-0.25, -0.2) is 19.8 Å². The van der Waals surface area contributed by atoms with Crippen molar-refractivity contribution in [3.63, 3.8) is 0 Å². The van der Waals surface area contributed by atoms with Gasteiger partial charge in [-0.1, -0.05) is 24.3 Å². The van der Waals surface area contributed by atoms with E-state index < -0.39 is 0 Å². The number of amides is 1. The molecule has 0 bridgehead atoms. The normalized spacial score (nSPS) is 14.1. The van der Waals surface area contributed by atoms with Crippen LogP contribution in [0.5, 0.6) is 0 Å². The van der Waals surface area contributed by atoms with Crippen molar-refractivity contribution in [3.8, 4) is 28.3 Å². The molecule has 1 fully saturated rings. The van der Waals surface area contributed by atoms with E-state index in [1.165, 1.54) is 0 Å². The molecule has 208 valence electrons. The van der Waals surface area contributed by atoms with Crippen molar-refractivity contribution in [2.24, 2.45) is 0 Å². The molecule has 0 radical (unpaired) electrons. The second-order valence-corrected chi connectivity index (χ2v) is 10.6. The minimum atomic E-state index is -0.188. The van der Waals surface area contributed by atoms with Crippen LogP contribution in [-0.4, -0.2) is 43.4 Å². The highest BCUT2D eigenvalue weighted by Crippen LogP contribution is 2.42. The molecule has 2 aromatic carbocycles. The summed E-state index contributed by atoms with van der Waals surface area (Å²) in [7, 11) is 0. The van der Waals surface area contributed by atoms with E-state index in [2.05, 4.69) is 34.1 Å². The van der Waals surface area contributed by atoms with Crippen LogP contribution in [0.2, 0.25) is 0 Å². The zero-order valence-corrected chi connectivity index (χ0v) is 23.9. The number of fused-ring (bicyclic) bond motifs is 1. The van der Waals surface area contributed by atoms with E-state index >= 15 is 0 Å². The van der Waals surface area contributed by atoms with Gasteiger partial charge < -0.3 is 10.6 Å². The number of halogens is 1. The van der Waals surface area contributed by atoms with E-state index in [-0.39, 0.29) is 11.4 Å². The van der Waals surface area contributed by atoms with Gasteiger partial charge in [-0.2, -0.15) is 0 Å². The molecule has 8 nitrogen and oxygen atoms in total. The molecule has 1 aliphatic carbocycles. The fourth-order valence-electron chi connectivity index (χ4n) is 5.55. The third kappa shape index (κ3) is 4.73. The van der Waals surface area contributed by atoms with Crippen LogP contribution in [0.25, 0.3) is 39.5 Å². The Hall–Kier alpha value is -4.27. The maximum Gasteiger partial charge on any atom is 0.253 e. The third-order valence-electron chi connectivity index (χ3n) is 8.11. The Morgan fingerprint density at radius 1 is 1.02 bits per heavy atom. The largest absolute Gasteiger partial charge is 0.383 e. The molecule has 3 heterocycles. The zero-order chi connectivity index (χ0) is 28.6. The van der Waals surface area contributed by atoms with Gasteiger partial charge in [-0.3, -0.25) is 9.36 Å². The number of rotatable bonds is 8. The van der Waals surface area contributed by atoms with Gasteiger partial charge >= 0.3 is 0 Å². The number of imidazole rings is 1. The summed E-state index contributed by atoms with van der Waals surface area (Å²) in [5.41, 5.74) is 12.5. The lowest BCUT2D eigenvalue weighted by Crippen LogP contribution is -2.43. The molecule has 0 aliphatic heterocycles. The number of anilines is 1. The Morgan fingerprint density at radius 3 is 2.46 bits per heavy atom. The first kappa shape index (κ1) is 26.9. The summed E-state index contributed by atoms with van der Waals surface area (Å²) in [5, 5.41) is 0. The summed E-state index contributed by atoms with van der Waals surface area (Å²) in [6.45, 7) is 5.28. The Balaban J connectivity index is 1.49. The highest BCUT2D eigenvalue weighted by atomic mass is 35.5. The van der Waals surface area contributed by atoms with Crippen molar-refractivity contribution < 1.29 is 4.79 Å².